The molecule has 2 heterocycles. The Morgan fingerprint density at radius 3 is 1.86 bits per heavy atom. The standard InChI is InChI=1S/C27H32O16/c28-7-12-16(32)19(35)21(37)23(42-12)15-18(34)14(11(31)6-3-9-1-4-10(30)5-2-9)24(39)27(41,25(15)40)26-22(38)20(36)17(33)13(8-29)43-26/h1-6,12-13,16-17,19-23,26,28-38,41H,7-8H2/b6-3+,14-11?/t12-,13-,16-,17-,19+,20+,21-,22-,23-,26+,27-/m1/s1. The first-order valence-corrected chi connectivity index (χ1v) is 13.0. The molecule has 16 nitrogen and oxygen atoms in total. The third-order valence-electron chi connectivity index (χ3n) is 7.72. The second kappa shape index (κ2) is 12.4. The number of allylic oxidation sites excluding steroid dienone is 2. The summed E-state index contributed by atoms with van der Waals surface area (Å²) >= 11 is 0. The van der Waals surface area contributed by atoms with E-state index in [1.807, 2.05) is 0 Å². The Bertz CT molecular complexity index is 1320. The van der Waals surface area contributed by atoms with Crippen molar-refractivity contribution in [1.82, 2.24) is 0 Å². The van der Waals surface area contributed by atoms with Crippen LogP contribution in [0.1, 0.15) is 5.56 Å². The van der Waals surface area contributed by atoms with E-state index in [0.29, 0.717) is 5.56 Å². The summed E-state index contributed by atoms with van der Waals surface area (Å²) in [5, 5.41) is 125. The number of phenolic OH excluding ortho intramolecular Hbond substituents is 1. The van der Waals surface area contributed by atoms with Gasteiger partial charge in [0.2, 0.25) is 17.2 Å². The van der Waals surface area contributed by atoms with Gasteiger partial charge in [-0.1, -0.05) is 18.2 Å². The maximum Gasteiger partial charge on any atom is 0.219 e. The number of aliphatic hydroxyl groups is 11. The van der Waals surface area contributed by atoms with E-state index in [9.17, 15) is 70.9 Å². The molecule has 2 aliphatic heterocycles. The van der Waals surface area contributed by atoms with Gasteiger partial charge in [0.15, 0.2) is 0 Å². The number of ketones is 2. The summed E-state index contributed by atoms with van der Waals surface area (Å²) in [6.07, 6.45) is -18.7. The number of aromatic hydroxyl groups is 1. The summed E-state index contributed by atoms with van der Waals surface area (Å²) < 4.78 is 10.6. The van der Waals surface area contributed by atoms with Gasteiger partial charge >= 0.3 is 0 Å². The fourth-order valence-electron chi connectivity index (χ4n) is 5.24. The molecule has 12 N–H and O–H groups in total. The molecule has 0 bridgehead atoms. The quantitative estimate of drug-likeness (QED) is 0.0820. The van der Waals surface area contributed by atoms with Crippen LogP contribution < -0.4 is 0 Å². The molecule has 0 spiro atoms. The van der Waals surface area contributed by atoms with Crippen molar-refractivity contribution in [2.24, 2.45) is 0 Å². The number of ether oxygens (including phenoxy) is 2. The van der Waals surface area contributed by atoms with Crippen LogP contribution in [0.15, 0.2) is 53.0 Å². The van der Waals surface area contributed by atoms with Crippen LogP contribution in [0.5, 0.6) is 5.75 Å². The van der Waals surface area contributed by atoms with E-state index in [4.69, 9.17) is 9.47 Å². The lowest BCUT2D eigenvalue weighted by Crippen LogP contribution is -2.72. The highest BCUT2D eigenvalue weighted by molar-refractivity contribution is 6.28. The highest BCUT2D eigenvalue weighted by atomic mass is 16.6. The van der Waals surface area contributed by atoms with Gasteiger partial charge in [0.25, 0.3) is 0 Å². The molecule has 0 aromatic heterocycles. The highest BCUT2D eigenvalue weighted by Gasteiger charge is 2.65. The fraction of sp³-hybridized carbons (Fsp3) is 0.481. The average molecular weight is 613 g/mol. The molecule has 0 saturated carbocycles. The third-order valence-corrected chi connectivity index (χ3v) is 7.72. The van der Waals surface area contributed by atoms with Crippen LogP contribution in [0.25, 0.3) is 6.08 Å². The van der Waals surface area contributed by atoms with E-state index < -0.39 is 114 Å². The van der Waals surface area contributed by atoms with Gasteiger partial charge in [-0.15, -0.1) is 0 Å². The predicted molar refractivity (Wildman–Crippen MR) is 139 cm³/mol. The molecule has 0 radical (unpaired) electrons. The lowest BCUT2D eigenvalue weighted by Gasteiger charge is -2.48. The van der Waals surface area contributed by atoms with Gasteiger partial charge in [-0.2, -0.15) is 0 Å². The monoisotopic (exact) mass is 612 g/mol. The minimum Gasteiger partial charge on any atom is -0.508 e. The van der Waals surface area contributed by atoms with Crippen molar-refractivity contribution in [1.29, 1.82) is 0 Å². The molecule has 0 unspecified atom stereocenters. The zero-order chi connectivity index (χ0) is 32.0. The number of Topliss-reactive ketones (excluding diaryl/α,β-unsaturated/α-hetero) is 2. The topological polar surface area (TPSA) is 295 Å². The van der Waals surface area contributed by atoms with E-state index in [0.717, 1.165) is 6.08 Å². The first-order chi connectivity index (χ1) is 20.2. The number of rotatable bonds is 6. The van der Waals surface area contributed by atoms with Crippen LogP contribution in [-0.4, -0.2) is 153 Å². The van der Waals surface area contributed by atoms with E-state index in [-0.39, 0.29) is 5.75 Å². The van der Waals surface area contributed by atoms with Crippen molar-refractivity contribution in [2.75, 3.05) is 13.2 Å². The predicted octanol–water partition coefficient (Wildman–Crippen LogP) is -4.40. The first kappa shape index (κ1) is 32.6. The zero-order valence-electron chi connectivity index (χ0n) is 22.2. The minimum atomic E-state index is -3.63. The Morgan fingerprint density at radius 1 is 0.767 bits per heavy atom. The molecule has 2 fully saturated rings. The number of phenols is 1. The van der Waals surface area contributed by atoms with E-state index in [1.54, 1.807) is 0 Å². The van der Waals surface area contributed by atoms with Gasteiger partial charge in [0, 0.05) is 0 Å². The largest absolute Gasteiger partial charge is 0.508 e. The van der Waals surface area contributed by atoms with E-state index in [1.165, 1.54) is 30.3 Å². The molecule has 1 aromatic rings. The SMILES string of the molecule is O=C1C(=C(O)/C=C/c2ccc(O)cc2)C(O)=C([C@H]2O[C@H](CO)[C@@H](O)[C@H](O)[C@H]2O)C(=O)[C@@]1(O)[C@H]1O[C@H](CO)[C@@H](O)[C@H](O)[C@H]1O. The van der Waals surface area contributed by atoms with Crippen molar-refractivity contribution in [3.8, 4) is 5.75 Å². The van der Waals surface area contributed by atoms with Crippen molar-refractivity contribution in [3.63, 3.8) is 0 Å². The molecule has 236 valence electrons. The highest BCUT2D eigenvalue weighted by Crippen LogP contribution is 2.42. The van der Waals surface area contributed by atoms with Crippen LogP contribution in [0.4, 0.5) is 0 Å². The molecule has 4 rings (SSSR count). The summed E-state index contributed by atoms with van der Waals surface area (Å²) in [5.41, 5.74) is -5.62. The molecule has 1 aliphatic carbocycles. The summed E-state index contributed by atoms with van der Waals surface area (Å²) in [6.45, 7) is -1.99. The Labute approximate surface area is 242 Å². The van der Waals surface area contributed by atoms with Crippen molar-refractivity contribution in [3.05, 3.63) is 58.6 Å². The van der Waals surface area contributed by atoms with Crippen LogP contribution in [0.3, 0.4) is 0 Å². The van der Waals surface area contributed by atoms with Crippen LogP contribution in [0, 0.1) is 0 Å². The van der Waals surface area contributed by atoms with E-state index >= 15 is 0 Å². The van der Waals surface area contributed by atoms with Gasteiger partial charge in [-0.05, 0) is 23.8 Å². The number of carbonyl (C=O) groups excluding carboxylic acids is 2. The molecular weight excluding hydrogens is 580 g/mol. The molecule has 3 aliphatic rings. The molecular formula is C27H32O16. The summed E-state index contributed by atoms with van der Waals surface area (Å²) in [6, 6.07) is 5.38. The number of hydrogen-bond donors (Lipinski definition) is 12. The molecule has 43 heavy (non-hydrogen) atoms. The van der Waals surface area contributed by atoms with Gasteiger partial charge in [0.1, 0.15) is 83.9 Å². The molecule has 11 atom stereocenters. The van der Waals surface area contributed by atoms with Gasteiger partial charge in [0.05, 0.1) is 18.8 Å². The Hall–Kier alpha value is -3.26. The van der Waals surface area contributed by atoms with Crippen molar-refractivity contribution in [2.45, 2.75) is 66.6 Å². The summed E-state index contributed by atoms with van der Waals surface area (Å²) in [4.78, 5) is 27.6. The minimum absolute atomic E-state index is 0.0879. The van der Waals surface area contributed by atoms with Gasteiger partial charge < -0.3 is 70.8 Å². The second-order valence-corrected chi connectivity index (χ2v) is 10.4. The van der Waals surface area contributed by atoms with E-state index in [2.05, 4.69) is 0 Å². The van der Waals surface area contributed by atoms with Crippen molar-refractivity contribution >= 4 is 17.6 Å². The lowest BCUT2D eigenvalue weighted by molar-refractivity contribution is -0.261. The molecule has 16 heteroatoms. The maximum atomic E-state index is 13.9. The second-order valence-electron chi connectivity index (χ2n) is 10.4. The Kier molecular flexibility index (Phi) is 9.41. The fourth-order valence-corrected chi connectivity index (χ4v) is 5.24. The lowest BCUT2D eigenvalue weighted by atomic mass is 9.69. The van der Waals surface area contributed by atoms with Crippen LogP contribution in [0.2, 0.25) is 0 Å². The first-order valence-electron chi connectivity index (χ1n) is 13.0. The number of carbonyl (C=O) groups is 2. The van der Waals surface area contributed by atoms with Crippen molar-refractivity contribution < 1.29 is 80.3 Å². The average Bonchev–Trinajstić information content (AvgIpc) is 2.98. The molecule has 1 aromatic carbocycles. The maximum absolute atomic E-state index is 13.9. The summed E-state index contributed by atoms with van der Waals surface area (Å²) in [5.74, 6) is -6.12. The number of hydrogen-bond acceptors (Lipinski definition) is 16. The number of benzene rings is 1. The van der Waals surface area contributed by atoms with Gasteiger partial charge in [-0.25, -0.2) is 0 Å². The van der Waals surface area contributed by atoms with Crippen LogP contribution >= 0.6 is 0 Å². The van der Waals surface area contributed by atoms with Crippen LogP contribution in [-0.2, 0) is 19.1 Å². The Morgan fingerprint density at radius 2 is 1.30 bits per heavy atom. The van der Waals surface area contributed by atoms with Gasteiger partial charge in [-0.3, -0.25) is 9.59 Å². The Balaban J connectivity index is 1.92. The zero-order valence-corrected chi connectivity index (χ0v) is 22.2. The smallest absolute Gasteiger partial charge is 0.219 e. The number of aliphatic hydroxyl groups excluding tert-OH is 10. The summed E-state index contributed by atoms with van der Waals surface area (Å²) in [7, 11) is 0. The third kappa shape index (κ3) is 5.47. The normalized spacial score (nSPS) is 40.3. The molecule has 0 amide bonds. The molecule has 2 saturated heterocycles.